The van der Waals surface area contributed by atoms with Crippen LogP contribution in [0.1, 0.15) is 25.7 Å². The number of carbonyl (C=O) groups is 3. The predicted octanol–water partition coefficient (Wildman–Crippen LogP) is 0.203. The first-order valence-electron chi connectivity index (χ1n) is 6.07. The van der Waals surface area contributed by atoms with E-state index in [0.717, 1.165) is 31.9 Å². The van der Waals surface area contributed by atoms with Crippen LogP contribution in [0, 0.1) is 0 Å². The van der Waals surface area contributed by atoms with Crippen molar-refractivity contribution in [1.29, 1.82) is 0 Å². The number of ether oxygens (including phenoxy) is 2. The molecule has 1 fully saturated rings. The smallest absolute Gasteiger partial charge is 0.333 e. The lowest BCUT2D eigenvalue weighted by Crippen LogP contribution is -2.37. The Hall–Kier alpha value is -1.89. The highest BCUT2D eigenvalue weighted by Crippen LogP contribution is 2.09. The zero-order valence-corrected chi connectivity index (χ0v) is 10.5. The first-order valence-corrected chi connectivity index (χ1v) is 6.07. The van der Waals surface area contributed by atoms with Crippen LogP contribution in [0.2, 0.25) is 0 Å². The summed E-state index contributed by atoms with van der Waals surface area (Å²) in [5.74, 6) is -2.59. The number of rotatable bonds is 5. The molecule has 7 nitrogen and oxygen atoms in total. The molecular weight excluding hydrogens is 254 g/mol. The lowest BCUT2D eigenvalue weighted by molar-refractivity contribution is -0.165. The number of carbonyl (C=O) groups excluding carboxylic acids is 2. The van der Waals surface area contributed by atoms with Crippen molar-refractivity contribution in [1.82, 2.24) is 5.32 Å². The van der Waals surface area contributed by atoms with Crippen LogP contribution in [-0.4, -0.2) is 42.4 Å². The third kappa shape index (κ3) is 6.56. The molecule has 0 aliphatic carbocycles. The number of carboxylic acid groups (broad SMARTS) is 1. The highest BCUT2D eigenvalue weighted by molar-refractivity contribution is 5.90. The quantitative estimate of drug-likeness (QED) is 0.418. The molecule has 0 bridgehead atoms. The summed E-state index contributed by atoms with van der Waals surface area (Å²) in [6.45, 7) is 0.251. The molecule has 0 spiro atoms. The Kier molecular flexibility index (Phi) is 6.59. The van der Waals surface area contributed by atoms with Crippen LogP contribution < -0.4 is 5.32 Å². The minimum absolute atomic E-state index is 0.365. The van der Waals surface area contributed by atoms with E-state index in [1.165, 1.54) is 0 Å². The maximum absolute atomic E-state index is 11.6. The molecule has 1 rings (SSSR count). The molecule has 7 heteroatoms. The maximum atomic E-state index is 11.6. The van der Waals surface area contributed by atoms with E-state index in [1.807, 2.05) is 0 Å². The van der Waals surface area contributed by atoms with Crippen molar-refractivity contribution in [3.63, 3.8) is 0 Å². The van der Waals surface area contributed by atoms with Gasteiger partial charge in [0.2, 0.25) is 6.79 Å². The maximum Gasteiger partial charge on any atom is 0.333 e. The van der Waals surface area contributed by atoms with Gasteiger partial charge in [0, 0.05) is 12.2 Å². The summed E-state index contributed by atoms with van der Waals surface area (Å²) in [6, 6.07) is -0.365. The Labute approximate surface area is 110 Å². The van der Waals surface area contributed by atoms with Crippen LogP contribution >= 0.6 is 0 Å². The molecular formula is C12H17NO6. The second-order valence-electron chi connectivity index (χ2n) is 4.07. The molecule has 2 N–H and O–H groups in total. The highest BCUT2D eigenvalue weighted by atomic mass is 16.7. The molecule has 0 radical (unpaired) electrons. The average Bonchev–Trinajstić information content (AvgIpc) is 2.65. The van der Waals surface area contributed by atoms with Gasteiger partial charge in [0.15, 0.2) is 0 Å². The molecule has 0 aromatic carbocycles. The fourth-order valence-corrected chi connectivity index (χ4v) is 1.66. The van der Waals surface area contributed by atoms with Crippen molar-refractivity contribution in [2.75, 3.05) is 13.3 Å². The van der Waals surface area contributed by atoms with Crippen LogP contribution in [0.3, 0.4) is 0 Å². The van der Waals surface area contributed by atoms with Crippen molar-refractivity contribution in [3.8, 4) is 0 Å². The van der Waals surface area contributed by atoms with Crippen LogP contribution in [0.4, 0.5) is 0 Å². The Morgan fingerprint density at radius 1 is 1.16 bits per heavy atom. The van der Waals surface area contributed by atoms with Crippen LogP contribution in [0.25, 0.3) is 0 Å². The van der Waals surface area contributed by atoms with Crippen molar-refractivity contribution in [2.24, 2.45) is 0 Å². The Balaban J connectivity index is 2.22. The molecule has 106 valence electrons. The van der Waals surface area contributed by atoms with Crippen molar-refractivity contribution >= 4 is 17.9 Å². The standard InChI is InChI=1S/C12H17NO6/c14-10(15)5-6-11(16)18-8-19-12(17)9-4-2-1-3-7-13-9/h5-6,9,13H,1-4,7-8H2,(H,14,15)/b6-5-. The average molecular weight is 271 g/mol. The second-order valence-corrected chi connectivity index (χ2v) is 4.07. The molecule has 1 unspecified atom stereocenters. The summed E-state index contributed by atoms with van der Waals surface area (Å²) >= 11 is 0. The van der Waals surface area contributed by atoms with E-state index in [9.17, 15) is 14.4 Å². The summed E-state index contributed by atoms with van der Waals surface area (Å²) in [6.07, 6.45) is 5.15. The minimum Gasteiger partial charge on any atom is -0.478 e. The predicted molar refractivity (Wildman–Crippen MR) is 64.1 cm³/mol. The molecule has 1 heterocycles. The van der Waals surface area contributed by atoms with E-state index in [2.05, 4.69) is 10.1 Å². The van der Waals surface area contributed by atoms with Gasteiger partial charge >= 0.3 is 17.9 Å². The van der Waals surface area contributed by atoms with Gasteiger partial charge in [0.05, 0.1) is 0 Å². The van der Waals surface area contributed by atoms with Crippen LogP contribution in [0.15, 0.2) is 12.2 Å². The topological polar surface area (TPSA) is 102 Å². The van der Waals surface area contributed by atoms with Crippen molar-refractivity contribution < 1.29 is 29.0 Å². The molecule has 0 aromatic rings. The van der Waals surface area contributed by atoms with E-state index in [0.29, 0.717) is 12.5 Å². The summed E-state index contributed by atoms with van der Waals surface area (Å²) in [5, 5.41) is 11.3. The first kappa shape index (κ1) is 15.2. The van der Waals surface area contributed by atoms with E-state index >= 15 is 0 Å². The number of carboxylic acids is 1. The molecule has 1 aliphatic heterocycles. The normalized spacial score (nSPS) is 19.7. The number of aliphatic carboxylic acids is 1. The zero-order valence-electron chi connectivity index (χ0n) is 10.5. The van der Waals surface area contributed by atoms with Gasteiger partial charge in [-0.2, -0.15) is 0 Å². The van der Waals surface area contributed by atoms with E-state index in [1.54, 1.807) is 0 Å². The number of nitrogens with one attached hydrogen (secondary N) is 1. The Morgan fingerprint density at radius 2 is 1.95 bits per heavy atom. The first-order chi connectivity index (χ1) is 9.09. The SMILES string of the molecule is O=C(O)/C=C\C(=O)OCOC(=O)C1CCCCCN1. The van der Waals surface area contributed by atoms with Gasteiger partial charge in [-0.05, 0) is 19.4 Å². The lowest BCUT2D eigenvalue weighted by Gasteiger charge is -2.14. The third-order valence-electron chi connectivity index (χ3n) is 2.61. The third-order valence-corrected chi connectivity index (χ3v) is 2.61. The van der Waals surface area contributed by atoms with Gasteiger partial charge in [-0.15, -0.1) is 0 Å². The van der Waals surface area contributed by atoms with Gasteiger partial charge in [-0.25, -0.2) is 9.59 Å². The molecule has 0 saturated carbocycles. The van der Waals surface area contributed by atoms with E-state index in [4.69, 9.17) is 9.84 Å². The molecule has 1 atom stereocenters. The van der Waals surface area contributed by atoms with Gasteiger partial charge in [-0.3, -0.25) is 4.79 Å². The summed E-state index contributed by atoms with van der Waals surface area (Å²) in [5.41, 5.74) is 0. The molecule has 0 aromatic heterocycles. The zero-order chi connectivity index (χ0) is 14.1. The van der Waals surface area contributed by atoms with Gasteiger partial charge in [-0.1, -0.05) is 12.8 Å². The van der Waals surface area contributed by atoms with Gasteiger partial charge in [0.25, 0.3) is 0 Å². The minimum atomic E-state index is -1.25. The van der Waals surface area contributed by atoms with E-state index in [-0.39, 0.29) is 6.04 Å². The Bertz CT molecular complexity index is 357. The van der Waals surface area contributed by atoms with Crippen molar-refractivity contribution in [3.05, 3.63) is 12.2 Å². The molecule has 1 saturated heterocycles. The van der Waals surface area contributed by atoms with Gasteiger partial charge < -0.3 is 19.9 Å². The fraction of sp³-hybridized carbons (Fsp3) is 0.583. The summed E-state index contributed by atoms with van der Waals surface area (Å²) in [7, 11) is 0. The number of hydrogen-bond donors (Lipinski definition) is 2. The van der Waals surface area contributed by atoms with Crippen molar-refractivity contribution in [2.45, 2.75) is 31.7 Å². The monoisotopic (exact) mass is 271 g/mol. The largest absolute Gasteiger partial charge is 0.478 e. The van der Waals surface area contributed by atoms with E-state index < -0.39 is 24.7 Å². The van der Waals surface area contributed by atoms with Crippen LogP contribution in [0.5, 0.6) is 0 Å². The number of hydrogen-bond acceptors (Lipinski definition) is 6. The van der Waals surface area contributed by atoms with Crippen LogP contribution in [-0.2, 0) is 23.9 Å². The summed E-state index contributed by atoms with van der Waals surface area (Å²) < 4.78 is 9.31. The molecule has 0 amide bonds. The lowest BCUT2D eigenvalue weighted by atomic mass is 10.1. The number of esters is 2. The fourth-order valence-electron chi connectivity index (χ4n) is 1.66. The Morgan fingerprint density at radius 3 is 2.68 bits per heavy atom. The second kappa shape index (κ2) is 8.25. The molecule has 1 aliphatic rings. The van der Waals surface area contributed by atoms with Gasteiger partial charge in [0.1, 0.15) is 6.04 Å². The summed E-state index contributed by atoms with van der Waals surface area (Å²) in [4.78, 5) is 32.7. The highest BCUT2D eigenvalue weighted by Gasteiger charge is 2.20. The molecule has 19 heavy (non-hydrogen) atoms.